The van der Waals surface area contributed by atoms with Crippen LogP contribution >= 0.6 is 0 Å². The van der Waals surface area contributed by atoms with Crippen LogP contribution in [0.4, 0.5) is 11.4 Å². The fourth-order valence-corrected chi connectivity index (χ4v) is 4.88. The molecule has 232 valence electrons. The summed E-state index contributed by atoms with van der Waals surface area (Å²) >= 11 is 0. The number of rotatable bonds is 13. The number of carbonyl (C=O) groups excluding carboxylic acids is 5. The van der Waals surface area contributed by atoms with Gasteiger partial charge in [-0.2, -0.15) is 0 Å². The average Bonchev–Trinajstić information content (AvgIpc) is 3.05. The largest absolute Gasteiger partial charge is 0.356 e. The highest BCUT2D eigenvalue weighted by atomic mass is 16.6. The molecule has 3 aromatic carbocycles. The summed E-state index contributed by atoms with van der Waals surface area (Å²) in [5.41, 5.74) is 1.47. The maximum Gasteiger partial charge on any atom is 0.293 e. The van der Waals surface area contributed by atoms with Crippen LogP contribution in [0.25, 0.3) is 6.08 Å². The first kappa shape index (κ1) is 32.3. The van der Waals surface area contributed by atoms with Crippen molar-refractivity contribution in [2.24, 2.45) is 5.92 Å². The van der Waals surface area contributed by atoms with E-state index in [4.69, 9.17) is 0 Å². The molecular formula is C33H33N5O7. The van der Waals surface area contributed by atoms with Gasteiger partial charge >= 0.3 is 0 Å². The molecule has 1 heterocycles. The monoisotopic (exact) mass is 611 g/mol. The number of benzene rings is 3. The second-order valence-electron chi connectivity index (χ2n) is 10.5. The van der Waals surface area contributed by atoms with Crippen LogP contribution in [0.5, 0.6) is 0 Å². The number of ketones is 1. The summed E-state index contributed by atoms with van der Waals surface area (Å²) in [6.07, 6.45) is 3.99. The molecule has 0 radical (unpaired) electrons. The summed E-state index contributed by atoms with van der Waals surface area (Å²) in [5.74, 6) is -4.24. The number of carbonyl (C=O) groups is 5. The lowest BCUT2D eigenvalue weighted by Gasteiger charge is -2.27. The van der Waals surface area contributed by atoms with Gasteiger partial charge in [0.25, 0.3) is 11.6 Å². The molecule has 12 nitrogen and oxygen atoms in total. The first-order valence-electron chi connectivity index (χ1n) is 14.4. The molecule has 3 atom stereocenters. The molecule has 45 heavy (non-hydrogen) atoms. The van der Waals surface area contributed by atoms with Crippen LogP contribution < -0.4 is 21.3 Å². The van der Waals surface area contributed by atoms with Gasteiger partial charge in [-0.15, -0.1) is 0 Å². The van der Waals surface area contributed by atoms with Crippen LogP contribution in [0.1, 0.15) is 30.4 Å². The molecule has 1 aliphatic heterocycles. The predicted octanol–water partition coefficient (Wildman–Crippen LogP) is 2.94. The molecule has 4 amide bonds. The first-order valence-corrected chi connectivity index (χ1v) is 14.4. The number of piperidine rings is 1. The van der Waals surface area contributed by atoms with Crippen molar-refractivity contribution in [3.63, 3.8) is 0 Å². The van der Waals surface area contributed by atoms with Gasteiger partial charge in [0.15, 0.2) is 0 Å². The van der Waals surface area contributed by atoms with Gasteiger partial charge in [-0.05, 0) is 48.6 Å². The Labute approximate surface area is 259 Å². The summed E-state index contributed by atoms with van der Waals surface area (Å²) in [4.78, 5) is 75.9. The first-order chi connectivity index (χ1) is 21.7. The molecule has 3 aromatic rings. The predicted molar refractivity (Wildman–Crippen MR) is 167 cm³/mol. The fourth-order valence-electron chi connectivity index (χ4n) is 4.88. The van der Waals surface area contributed by atoms with E-state index in [1.54, 1.807) is 30.3 Å². The molecule has 0 unspecified atom stereocenters. The smallest absolute Gasteiger partial charge is 0.293 e. The van der Waals surface area contributed by atoms with Crippen LogP contribution in [0.15, 0.2) is 91.0 Å². The Bertz CT molecular complexity index is 1560. The lowest BCUT2D eigenvalue weighted by Crippen LogP contribution is -2.55. The van der Waals surface area contributed by atoms with Gasteiger partial charge < -0.3 is 21.3 Å². The molecular weight excluding hydrogens is 578 g/mol. The number of hydrogen-bond donors (Lipinski definition) is 4. The quantitative estimate of drug-likeness (QED) is 0.0994. The van der Waals surface area contributed by atoms with Crippen LogP contribution in [0.2, 0.25) is 0 Å². The van der Waals surface area contributed by atoms with E-state index in [1.807, 2.05) is 36.4 Å². The number of nitrogens with zero attached hydrogens (tertiary/aromatic N) is 1. The zero-order chi connectivity index (χ0) is 32.2. The maximum absolute atomic E-state index is 13.7. The second kappa shape index (κ2) is 15.7. The second-order valence-corrected chi connectivity index (χ2v) is 10.5. The van der Waals surface area contributed by atoms with Crippen molar-refractivity contribution in [3.8, 4) is 0 Å². The highest BCUT2D eigenvalue weighted by Gasteiger charge is 2.35. The number of nitro benzene ring substituents is 1. The standard InChI is InChI=1S/C33H33N5O7/c39-29(18-13-22-8-3-1-4-9-22)36-28(20-23-10-5-2-6-11-23)32(42)37-27(21-24-12-7-19-34-31(24)41)30(40)33(43)35-25-14-16-26(17-15-25)38(44)45/h1-6,8-11,13-18,24,27-28H,7,12,19-21H2,(H,34,41)(H,35,43)(H,36,39)(H,37,42)/b18-13+/t24-,27-,28-/m1/s1. The minimum atomic E-state index is -1.39. The Morgan fingerprint density at radius 1 is 0.911 bits per heavy atom. The normalized spacial score (nSPS) is 15.7. The zero-order valence-electron chi connectivity index (χ0n) is 24.3. The van der Waals surface area contributed by atoms with E-state index in [9.17, 15) is 34.1 Å². The molecule has 0 saturated carbocycles. The van der Waals surface area contributed by atoms with Crippen molar-refractivity contribution < 1.29 is 28.9 Å². The Balaban J connectivity index is 1.53. The molecule has 0 spiro atoms. The third-order valence-electron chi connectivity index (χ3n) is 7.25. The molecule has 4 N–H and O–H groups in total. The molecule has 0 aliphatic carbocycles. The van der Waals surface area contributed by atoms with Crippen molar-refractivity contribution in [2.45, 2.75) is 37.8 Å². The minimum Gasteiger partial charge on any atom is -0.356 e. The lowest BCUT2D eigenvalue weighted by atomic mass is 9.89. The van der Waals surface area contributed by atoms with Crippen LogP contribution in [0.3, 0.4) is 0 Å². The van der Waals surface area contributed by atoms with Crippen LogP contribution in [0, 0.1) is 16.0 Å². The number of Topliss-reactive ketones (excluding diaryl/α,β-unsaturated/α-hetero) is 1. The van der Waals surface area contributed by atoms with E-state index < -0.39 is 46.4 Å². The molecule has 1 aliphatic rings. The lowest BCUT2D eigenvalue weighted by molar-refractivity contribution is -0.384. The Morgan fingerprint density at radius 3 is 2.22 bits per heavy atom. The Hall–Kier alpha value is -5.65. The van der Waals surface area contributed by atoms with Gasteiger partial charge in [-0.3, -0.25) is 34.1 Å². The van der Waals surface area contributed by atoms with Crippen molar-refractivity contribution in [3.05, 3.63) is 112 Å². The van der Waals surface area contributed by atoms with Crippen LogP contribution in [-0.2, 0) is 30.4 Å². The number of nitrogens with one attached hydrogen (secondary N) is 4. The summed E-state index contributed by atoms with van der Waals surface area (Å²) < 4.78 is 0. The number of nitro groups is 1. The van der Waals surface area contributed by atoms with Crippen molar-refractivity contribution in [1.29, 1.82) is 0 Å². The highest BCUT2D eigenvalue weighted by Crippen LogP contribution is 2.20. The van der Waals surface area contributed by atoms with E-state index >= 15 is 0 Å². The molecule has 4 rings (SSSR count). The van der Waals surface area contributed by atoms with E-state index in [0.29, 0.717) is 19.4 Å². The molecule has 0 bridgehead atoms. The molecule has 0 aromatic heterocycles. The topological polar surface area (TPSA) is 177 Å². The maximum atomic E-state index is 13.7. The van der Waals surface area contributed by atoms with Gasteiger partial charge in [0.2, 0.25) is 23.5 Å². The van der Waals surface area contributed by atoms with Gasteiger partial charge in [-0.1, -0.05) is 60.7 Å². The van der Waals surface area contributed by atoms with Crippen molar-refractivity contribution >= 4 is 46.9 Å². The summed E-state index contributed by atoms with van der Waals surface area (Å²) in [6, 6.07) is 20.5. The summed E-state index contributed by atoms with van der Waals surface area (Å²) in [6.45, 7) is 0.489. The van der Waals surface area contributed by atoms with Gasteiger partial charge in [0.1, 0.15) is 6.04 Å². The van der Waals surface area contributed by atoms with Crippen molar-refractivity contribution in [2.75, 3.05) is 11.9 Å². The summed E-state index contributed by atoms with van der Waals surface area (Å²) in [7, 11) is 0. The summed E-state index contributed by atoms with van der Waals surface area (Å²) in [5, 5.41) is 21.4. The third kappa shape index (κ3) is 9.68. The highest BCUT2D eigenvalue weighted by molar-refractivity contribution is 6.42. The molecule has 1 saturated heterocycles. The van der Waals surface area contributed by atoms with E-state index in [0.717, 1.165) is 11.1 Å². The van der Waals surface area contributed by atoms with E-state index in [-0.39, 0.29) is 30.1 Å². The SMILES string of the molecule is O=C(/C=C/c1ccccc1)N[C@H](Cc1ccccc1)C(=O)N[C@H](C[C@H]1CCCNC1=O)C(=O)C(=O)Nc1ccc([N+](=O)[O-])cc1. The minimum absolute atomic E-state index is 0.0946. The van der Waals surface area contributed by atoms with Crippen LogP contribution in [-0.4, -0.2) is 53.0 Å². The Morgan fingerprint density at radius 2 is 1.58 bits per heavy atom. The van der Waals surface area contributed by atoms with Gasteiger partial charge in [-0.25, -0.2) is 0 Å². The van der Waals surface area contributed by atoms with Gasteiger partial charge in [0, 0.05) is 42.8 Å². The number of anilines is 1. The number of non-ortho nitro benzene ring substituents is 1. The third-order valence-corrected chi connectivity index (χ3v) is 7.25. The van der Waals surface area contributed by atoms with E-state index in [2.05, 4.69) is 21.3 Å². The molecule has 12 heteroatoms. The van der Waals surface area contributed by atoms with Crippen molar-refractivity contribution in [1.82, 2.24) is 16.0 Å². The van der Waals surface area contributed by atoms with Gasteiger partial charge in [0.05, 0.1) is 11.0 Å². The molecule has 1 fully saturated rings. The van der Waals surface area contributed by atoms with E-state index in [1.165, 1.54) is 30.3 Å². The average molecular weight is 612 g/mol. The number of hydrogen-bond acceptors (Lipinski definition) is 7. The number of amides is 4. The Kier molecular flexibility index (Phi) is 11.3. The zero-order valence-corrected chi connectivity index (χ0v) is 24.3. The fraction of sp³-hybridized carbons (Fsp3) is 0.242.